The zero-order valence-corrected chi connectivity index (χ0v) is 17.7. The monoisotopic (exact) mass is 442 g/mol. The normalized spacial score (nSPS) is 23.6. The molecule has 1 aliphatic carbocycles. The Kier molecular flexibility index (Phi) is 5.25. The average Bonchev–Trinajstić information content (AvgIpc) is 3.36. The van der Waals surface area contributed by atoms with Crippen LogP contribution in [0.2, 0.25) is 0 Å². The molecule has 31 heavy (non-hydrogen) atoms. The standard InChI is InChI=1S/C23H23FN2O4S/c24-16-6-2-1-5-14(16)11-20-22(28)26-17(13-31-20)21(27)25-15-7-8-18-19(12-15)30-23(29-18)9-3-4-10-23/h1-2,5-8,12,17,20H,3-4,9-11,13H2,(H,25,27)(H,26,28)/t17-,20+/m0/s1. The second-order valence-electron chi connectivity index (χ2n) is 8.15. The number of anilines is 1. The molecule has 6 nitrogen and oxygen atoms in total. The number of ether oxygens (including phenoxy) is 2. The van der Waals surface area contributed by atoms with Gasteiger partial charge in [-0.05, 0) is 43.0 Å². The van der Waals surface area contributed by atoms with Crippen LogP contribution in [-0.2, 0) is 16.0 Å². The first-order valence-corrected chi connectivity index (χ1v) is 11.5. The molecule has 2 fully saturated rings. The molecule has 2 aromatic rings. The second-order valence-corrected chi connectivity index (χ2v) is 9.39. The van der Waals surface area contributed by atoms with E-state index in [4.69, 9.17) is 9.47 Å². The highest BCUT2D eigenvalue weighted by atomic mass is 32.2. The van der Waals surface area contributed by atoms with Gasteiger partial charge in [-0.25, -0.2) is 4.39 Å². The van der Waals surface area contributed by atoms with Crippen molar-refractivity contribution in [2.45, 2.75) is 49.2 Å². The summed E-state index contributed by atoms with van der Waals surface area (Å²) in [5.41, 5.74) is 1.09. The summed E-state index contributed by atoms with van der Waals surface area (Å²) >= 11 is 1.37. The lowest BCUT2D eigenvalue weighted by atomic mass is 10.1. The quantitative estimate of drug-likeness (QED) is 0.756. The van der Waals surface area contributed by atoms with Crippen molar-refractivity contribution in [1.29, 1.82) is 0 Å². The Morgan fingerprint density at radius 2 is 1.94 bits per heavy atom. The Bertz CT molecular complexity index is 1020. The van der Waals surface area contributed by atoms with Crippen LogP contribution in [0.5, 0.6) is 11.5 Å². The summed E-state index contributed by atoms with van der Waals surface area (Å²) in [6, 6.07) is 11.1. The van der Waals surface area contributed by atoms with Gasteiger partial charge in [0.25, 0.3) is 5.79 Å². The molecule has 2 aromatic carbocycles. The molecule has 3 aliphatic rings. The minimum atomic E-state index is -0.652. The molecule has 162 valence electrons. The van der Waals surface area contributed by atoms with Crippen molar-refractivity contribution in [1.82, 2.24) is 5.32 Å². The van der Waals surface area contributed by atoms with Gasteiger partial charge in [0.05, 0.1) is 5.25 Å². The molecule has 1 spiro atoms. The van der Waals surface area contributed by atoms with Gasteiger partial charge in [-0.2, -0.15) is 0 Å². The lowest BCUT2D eigenvalue weighted by Crippen LogP contribution is -2.52. The fourth-order valence-corrected chi connectivity index (χ4v) is 5.45. The van der Waals surface area contributed by atoms with Crippen LogP contribution in [0.4, 0.5) is 10.1 Å². The number of benzene rings is 2. The van der Waals surface area contributed by atoms with Crippen LogP contribution in [0.1, 0.15) is 31.2 Å². The Morgan fingerprint density at radius 1 is 1.16 bits per heavy atom. The van der Waals surface area contributed by atoms with Crippen LogP contribution in [0.15, 0.2) is 42.5 Å². The SMILES string of the molecule is O=C(Nc1ccc2c(c1)OC1(CCCC1)O2)[C@@H]1CS[C@H](Cc2ccccc2F)C(=O)N1. The third kappa shape index (κ3) is 4.08. The third-order valence-electron chi connectivity index (χ3n) is 5.92. The van der Waals surface area contributed by atoms with Gasteiger partial charge in [-0.1, -0.05) is 18.2 Å². The van der Waals surface area contributed by atoms with Gasteiger partial charge >= 0.3 is 0 Å². The highest BCUT2D eigenvalue weighted by Crippen LogP contribution is 2.47. The largest absolute Gasteiger partial charge is 0.448 e. The maximum Gasteiger partial charge on any atom is 0.251 e. The molecule has 5 rings (SSSR count). The lowest BCUT2D eigenvalue weighted by Gasteiger charge is -2.28. The van der Waals surface area contributed by atoms with Gasteiger partial charge in [0, 0.05) is 30.3 Å². The number of halogens is 1. The number of fused-ring (bicyclic) bond motifs is 1. The van der Waals surface area contributed by atoms with Crippen molar-refractivity contribution in [3.63, 3.8) is 0 Å². The van der Waals surface area contributed by atoms with Crippen LogP contribution in [-0.4, -0.2) is 34.6 Å². The van der Waals surface area contributed by atoms with Gasteiger partial charge in [0.1, 0.15) is 11.9 Å². The first-order chi connectivity index (χ1) is 15.0. The highest BCUT2D eigenvalue weighted by Gasteiger charge is 2.44. The Labute approximate surface area is 183 Å². The topological polar surface area (TPSA) is 76.7 Å². The summed E-state index contributed by atoms with van der Waals surface area (Å²) in [6.07, 6.45) is 4.18. The Morgan fingerprint density at radius 3 is 2.71 bits per heavy atom. The number of thioether (sulfide) groups is 1. The molecule has 8 heteroatoms. The molecule has 2 heterocycles. The maximum absolute atomic E-state index is 13.9. The summed E-state index contributed by atoms with van der Waals surface area (Å²) in [5.74, 6) is 0.325. The summed E-state index contributed by atoms with van der Waals surface area (Å²) < 4.78 is 25.9. The fraction of sp³-hybridized carbons (Fsp3) is 0.391. The van der Waals surface area contributed by atoms with Crippen molar-refractivity contribution in [3.8, 4) is 11.5 Å². The van der Waals surface area contributed by atoms with Crippen LogP contribution < -0.4 is 20.1 Å². The molecule has 2 aliphatic heterocycles. The number of carbonyl (C=O) groups is 2. The molecule has 0 unspecified atom stereocenters. The summed E-state index contributed by atoms with van der Waals surface area (Å²) in [5, 5.41) is 5.20. The summed E-state index contributed by atoms with van der Waals surface area (Å²) in [6.45, 7) is 0. The highest BCUT2D eigenvalue weighted by molar-refractivity contribution is 8.00. The van der Waals surface area contributed by atoms with Gasteiger partial charge in [0.2, 0.25) is 11.8 Å². The van der Waals surface area contributed by atoms with Gasteiger partial charge in [-0.3, -0.25) is 9.59 Å². The number of carbonyl (C=O) groups excluding carboxylic acids is 2. The molecule has 2 N–H and O–H groups in total. The summed E-state index contributed by atoms with van der Waals surface area (Å²) in [4.78, 5) is 25.2. The molecular weight excluding hydrogens is 419 g/mol. The molecule has 2 atom stereocenters. The van der Waals surface area contributed by atoms with E-state index in [1.807, 2.05) is 0 Å². The molecule has 0 bridgehead atoms. The average molecular weight is 443 g/mol. The zero-order chi connectivity index (χ0) is 21.4. The van der Waals surface area contributed by atoms with Crippen LogP contribution in [0, 0.1) is 5.82 Å². The number of amides is 2. The van der Waals surface area contributed by atoms with E-state index in [0.29, 0.717) is 34.9 Å². The second kappa shape index (κ2) is 8.07. The number of hydrogen-bond acceptors (Lipinski definition) is 5. The summed E-state index contributed by atoms with van der Waals surface area (Å²) in [7, 11) is 0. The van der Waals surface area contributed by atoms with Crippen LogP contribution >= 0.6 is 11.8 Å². The molecule has 1 saturated heterocycles. The zero-order valence-electron chi connectivity index (χ0n) is 16.9. The van der Waals surface area contributed by atoms with Crippen LogP contribution in [0.25, 0.3) is 0 Å². The van der Waals surface area contributed by atoms with E-state index in [9.17, 15) is 14.0 Å². The number of nitrogens with one attached hydrogen (secondary N) is 2. The van der Waals surface area contributed by atoms with Gasteiger partial charge in [0.15, 0.2) is 11.5 Å². The van der Waals surface area contributed by atoms with Gasteiger partial charge in [-0.15, -0.1) is 11.8 Å². The van der Waals surface area contributed by atoms with E-state index in [-0.39, 0.29) is 17.6 Å². The first-order valence-electron chi connectivity index (χ1n) is 10.5. The van der Waals surface area contributed by atoms with E-state index in [1.165, 1.54) is 17.8 Å². The smallest absolute Gasteiger partial charge is 0.251 e. The first kappa shape index (κ1) is 20.2. The van der Waals surface area contributed by atoms with E-state index in [1.54, 1.807) is 36.4 Å². The molecule has 1 saturated carbocycles. The van der Waals surface area contributed by atoms with Crippen molar-refractivity contribution in [3.05, 3.63) is 53.8 Å². The van der Waals surface area contributed by atoms with Crippen molar-refractivity contribution in [2.24, 2.45) is 0 Å². The molecule has 0 radical (unpaired) electrons. The van der Waals surface area contributed by atoms with E-state index in [2.05, 4.69) is 10.6 Å². The molecule has 2 amide bonds. The lowest BCUT2D eigenvalue weighted by molar-refractivity contribution is -0.126. The van der Waals surface area contributed by atoms with E-state index in [0.717, 1.165) is 25.7 Å². The van der Waals surface area contributed by atoms with E-state index < -0.39 is 17.1 Å². The van der Waals surface area contributed by atoms with Gasteiger partial charge < -0.3 is 20.1 Å². The third-order valence-corrected chi connectivity index (χ3v) is 7.23. The fourth-order valence-electron chi connectivity index (χ4n) is 4.27. The van der Waals surface area contributed by atoms with E-state index >= 15 is 0 Å². The predicted octanol–water partition coefficient (Wildman–Crippen LogP) is 3.65. The van der Waals surface area contributed by atoms with Crippen LogP contribution in [0.3, 0.4) is 0 Å². The minimum Gasteiger partial charge on any atom is -0.448 e. The van der Waals surface area contributed by atoms with Crippen molar-refractivity contribution < 1.29 is 23.5 Å². The molecule has 0 aromatic heterocycles. The number of rotatable bonds is 4. The molecular formula is C23H23FN2O4S. The Balaban J connectivity index is 1.19. The predicted molar refractivity (Wildman–Crippen MR) is 116 cm³/mol. The minimum absolute atomic E-state index is 0.256. The van der Waals surface area contributed by atoms with Crippen molar-refractivity contribution >= 4 is 29.3 Å². The van der Waals surface area contributed by atoms with Crippen molar-refractivity contribution in [2.75, 3.05) is 11.1 Å². The maximum atomic E-state index is 13.9. The Hall–Kier alpha value is -2.74. The number of hydrogen-bond donors (Lipinski definition) is 2.